The van der Waals surface area contributed by atoms with Gasteiger partial charge >= 0.3 is 0 Å². The van der Waals surface area contributed by atoms with Gasteiger partial charge in [-0.25, -0.2) is 0 Å². The van der Waals surface area contributed by atoms with Gasteiger partial charge in [-0.1, -0.05) is 13.0 Å². The highest BCUT2D eigenvalue weighted by Crippen LogP contribution is 2.62. The quantitative estimate of drug-likeness (QED) is 0.777. The van der Waals surface area contributed by atoms with Crippen LogP contribution in [0.15, 0.2) is 18.2 Å². The van der Waals surface area contributed by atoms with Crippen molar-refractivity contribution >= 4 is 6.29 Å². The number of rotatable bonds is 3. The van der Waals surface area contributed by atoms with Gasteiger partial charge in [-0.2, -0.15) is 0 Å². The lowest BCUT2D eigenvalue weighted by Gasteiger charge is -2.51. The van der Waals surface area contributed by atoms with E-state index in [0.29, 0.717) is 17.8 Å². The van der Waals surface area contributed by atoms with Crippen LogP contribution >= 0.6 is 0 Å². The van der Waals surface area contributed by atoms with Gasteiger partial charge in [-0.15, -0.1) is 0 Å². The van der Waals surface area contributed by atoms with E-state index >= 15 is 0 Å². The number of carbonyl (C=O) groups excluding carboxylic acids is 1. The third-order valence-corrected chi connectivity index (χ3v) is 8.34. The van der Waals surface area contributed by atoms with Gasteiger partial charge in [-0.05, 0) is 91.4 Å². The van der Waals surface area contributed by atoms with Crippen molar-refractivity contribution in [3.05, 3.63) is 29.3 Å². The molecule has 4 aliphatic rings. The smallest absolute Gasteiger partial charge is 0.199 e. The number of hydrogen-bond acceptors (Lipinski definition) is 4. The first-order valence-electron chi connectivity index (χ1n) is 11.2. The molecule has 1 aliphatic heterocycles. The Balaban J connectivity index is 1.43. The Morgan fingerprint density at radius 2 is 2.07 bits per heavy atom. The molecule has 5 rings (SSSR count). The highest BCUT2D eigenvalue weighted by molar-refractivity contribution is 5.65. The molecule has 0 spiro atoms. The summed E-state index contributed by atoms with van der Waals surface area (Å²) in [6.07, 6.45) is 9.09. The number of hydrogen-bond donors (Lipinski definition) is 1. The van der Waals surface area contributed by atoms with E-state index < -0.39 is 0 Å². The molecule has 1 heterocycles. The van der Waals surface area contributed by atoms with Crippen molar-refractivity contribution in [1.82, 2.24) is 0 Å². The van der Waals surface area contributed by atoms with Crippen molar-refractivity contribution < 1.29 is 19.4 Å². The Kier molecular flexibility index (Phi) is 4.75. The van der Waals surface area contributed by atoms with Crippen molar-refractivity contribution in [2.45, 2.75) is 82.5 Å². The summed E-state index contributed by atoms with van der Waals surface area (Å²) in [6.45, 7) is 3.04. The summed E-state index contributed by atoms with van der Waals surface area (Å²) in [5, 5.41) is 10.6. The van der Waals surface area contributed by atoms with E-state index in [1.54, 1.807) is 0 Å². The Morgan fingerprint density at radius 3 is 2.86 bits per heavy atom. The number of fused-ring (bicyclic) bond motifs is 5. The van der Waals surface area contributed by atoms with Crippen LogP contribution in [0, 0.1) is 17.3 Å². The largest absolute Gasteiger partial charge is 0.465 e. The minimum Gasteiger partial charge on any atom is -0.465 e. The molecule has 28 heavy (non-hydrogen) atoms. The van der Waals surface area contributed by atoms with Crippen LogP contribution in [-0.2, 0) is 9.53 Å². The number of aldehydes is 1. The second-order valence-corrected chi connectivity index (χ2v) is 9.70. The van der Waals surface area contributed by atoms with E-state index in [9.17, 15) is 9.90 Å². The van der Waals surface area contributed by atoms with Gasteiger partial charge in [0.1, 0.15) is 12.0 Å². The van der Waals surface area contributed by atoms with Gasteiger partial charge < -0.3 is 19.4 Å². The lowest BCUT2D eigenvalue weighted by Crippen LogP contribution is -2.44. The van der Waals surface area contributed by atoms with E-state index in [0.717, 1.165) is 75.6 Å². The Bertz CT molecular complexity index is 740. The van der Waals surface area contributed by atoms with Crippen LogP contribution in [0.3, 0.4) is 0 Å². The Morgan fingerprint density at radius 1 is 1.18 bits per heavy atom. The third-order valence-electron chi connectivity index (χ3n) is 8.34. The molecule has 0 aromatic heterocycles. The first kappa shape index (κ1) is 18.6. The van der Waals surface area contributed by atoms with Crippen molar-refractivity contribution in [2.24, 2.45) is 17.3 Å². The fraction of sp³-hybridized carbons (Fsp3) is 0.708. The normalized spacial score (nSPS) is 42.2. The van der Waals surface area contributed by atoms with Crippen LogP contribution in [0.1, 0.15) is 81.3 Å². The number of carbonyl (C=O) groups is 1. The van der Waals surface area contributed by atoms with Crippen LogP contribution in [0.5, 0.6) is 5.75 Å². The van der Waals surface area contributed by atoms with E-state index in [2.05, 4.69) is 25.1 Å². The molecule has 3 fully saturated rings. The summed E-state index contributed by atoms with van der Waals surface area (Å²) in [4.78, 5) is 12.0. The van der Waals surface area contributed by atoms with Gasteiger partial charge in [0.05, 0.1) is 12.7 Å². The lowest BCUT2D eigenvalue weighted by molar-refractivity contribution is -0.110. The molecule has 7 atom stereocenters. The predicted octanol–water partition coefficient (Wildman–Crippen LogP) is 4.55. The summed E-state index contributed by atoms with van der Waals surface area (Å²) in [6, 6.07) is 6.37. The molecular formula is C24H32O4. The molecule has 4 nitrogen and oxygen atoms in total. The fourth-order valence-electron chi connectivity index (χ4n) is 6.76. The number of benzene rings is 1. The summed E-state index contributed by atoms with van der Waals surface area (Å²) in [5.41, 5.74) is 2.54. The molecule has 0 radical (unpaired) electrons. The van der Waals surface area contributed by atoms with Crippen molar-refractivity contribution in [3.63, 3.8) is 0 Å². The molecule has 1 saturated heterocycles. The molecule has 0 amide bonds. The van der Waals surface area contributed by atoms with E-state index in [1.165, 1.54) is 5.56 Å². The molecule has 2 saturated carbocycles. The zero-order chi connectivity index (χ0) is 19.3. The standard InChI is InChI=1S/C24H32O4/c1-24-10-9-18-17-6-5-16(28-23-4-2-3-11-27-23)13-19(17)15(14-25)12-20(18)21(24)7-8-22(24)26/h5-6,13-15,18,20-23,26H,2-4,7-12H2,1H3/t15?,18?,20?,21?,22-,23?,24-/m0/s1. The molecule has 1 aromatic carbocycles. The number of ether oxygens (including phenoxy) is 2. The Hall–Kier alpha value is -1.39. The predicted molar refractivity (Wildman–Crippen MR) is 106 cm³/mol. The molecule has 0 bridgehead atoms. The summed E-state index contributed by atoms with van der Waals surface area (Å²) in [5.74, 6) is 2.31. The van der Waals surface area contributed by atoms with Crippen LogP contribution in [-0.4, -0.2) is 30.4 Å². The minimum atomic E-state index is -0.180. The molecule has 152 valence electrons. The minimum absolute atomic E-state index is 0.0352. The Labute approximate surface area is 167 Å². The lowest BCUT2D eigenvalue weighted by atomic mass is 9.54. The van der Waals surface area contributed by atoms with Crippen LogP contribution in [0.25, 0.3) is 0 Å². The van der Waals surface area contributed by atoms with Gasteiger partial charge in [0.2, 0.25) is 0 Å². The molecule has 4 heteroatoms. The SMILES string of the molecule is C[C@]12CCC3c4ccc(OC5CCCCO5)cc4C(C=O)CC3C1CC[C@@H]2O. The summed E-state index contributed by atoms with van der Waals surface area (Å²) >= 11 is 0. The zero-order valence-electron chi connectivity index (χ0n) is 16.8. The van der Waals surface area contributed by atoms with Crippen molar-refractivity contribution in [2.75, 3.05) is 6.61 Å². The molecule has 1 aromatic rings. The van der Waals surface area contributed by atoms with Crippen LogP contribution in [0.2, 0.25) is 0 Å². The molecule has 1 N–H and O–H groups in total. The second-order valence-electron chi connectivity index (χ2n) is 9.70. The topological polar surface area (TPSA) is 55.8 Å². The van der Waals surface area contributed by atoms with E-state index in [4.69, 9.17) is 9.47 Å². The van der Waals surface area contributed by atoms with Gasteiger partial charge in [0.15, 0.2) is 6.29 Å². The van der Waals surface area contributed by atoms with Crippen LogP contribution in [0.4, 0.5) is 0 Å². The van der Waals surface area contributed by atoms with Crippen LogP contribution < -0.4 is 4.74 Å². The highest BCUT2D eigenvalue weighted by Gasteiger charge is 2.55. The third kappa shape index (κ3) is 2.91. The second kappa shape index (κ2) is 7.14. The molecule has 3 aliphatic carbocycles. The van der Waals surface area contributed by atoms with Crippen molar-refractivity contribution in [3.8, 4) is 5.75 Å². The van der Waals surface area contributed by atoms with Gasteiger partial charge in [0, 0.05) is 12.3 Å². The summed E-state index contributed by atoms with van der Waals surface area (Å²) < 4.78 is 11.8. The monoisotopic (exact) mass is 384 g/mol. The number of aliphatic hydroxyl groups excluding tert-OH is 1. The average molecular weight is 385 g/mol. The fourth-order valence-corrected chi connectivity index (χ4v) is 6.76. The van der Waals surface area contributed by atoms with Gasteiger partial charge in [-0.3, -0.25) is 0 Å². The van der Waals surface area contributed by atoms with Gasteiger partial charge in [0.25, 0.3) is 0 Å². The average Bonchev–Trinajstić information content (AvgIpc) is 3.03. The van der Waals surface area contributed by atoms with E-state index in [1.807, 2.05) is 0 Å². The molecular weight excluding hydrogens is 352 g/mol. The van der Waals surface area contributed by atoms with Crippen molar-refractivity contribution in [1.29, 1.82) is 0 Å². The maximum Gasteiger partial charge on any atom is 0.199 e. The molecule has 5 unspecified atom stereocenters. The van der Waals surface area contributed by atoms with E-state index in [-0.39, 0.29) is 23.7 Å². The number of aliphatic hydroxyl groups is 1. The summed E-state index contributed by atoms with van der Waals surface area (Å²) in [7, 11) is 0. The maximum atomic E-state index is 12.0. The zero-order valence-corrected chi connectivity index (χ0v) is 16.8. The maximum absolute atomic E-state index is 12.0. The highest BCUT2D eigenvalue weighted by atomic mass is 16.7. The first-order chi connectivity index (χ1) is 13.6. The first-order valence-corrected chi connectivity index (χ1v) is 11.2.